The Balaban J connectivity index is 2.08. The molecule has 8 nitrogen and oxygen atoms in total. The van der Waals surface area contributed by atoms with Crippen LogP contribution >= 0.6 is 0 Å². The highest BCUT2D eigenvalue weighted by Gasteiger charge is 2.26. The molecule has 0 aliphatic rings. The third-order valence-electron chi connectivity index (χ3n) is 4.45. The number of aromatic amines is 1. The summed E-state index contributed by atoms with van der Waals surface area (Å²) >= 11 is 0. The minimum Gasteiger partial charge on any atom is -0.462 e. The molecule has 30 heavy (non-hydrogen) atoms. The maximum atomic E-state index is 12.7. The Morgan fingerprint density at radius 2 is 1.63 bits per heavy atom. The van der Waals surface area contributed by atoms with Gasteiger partial charge in [0.2, 0.25) is 11.7 Å². The van der Waals surface area contributed by atoms with E-state index in [-0.39, 0.29) is 30.1 Å². The smallest absolute Gasteiger partial charge is 0.340 e. The second-order valence-electron chi connectivity index (χ2n) is 6.80. The zero-order chi connectivity index (χ0) is 22.3. The first-order chi connectivity index (χ1) is 14.2. The predicted octanol–water partition coefficient (Wildman–Crippen LogP) is 2.80. The quantitative estimate of drug-likeness (QED) is 0.482. The molecule has 0 unspecified atom stereocenters. The summed E-state index contributed by atoms with van der Waals surface area (Å²) in [5.74, 6) is -2.05. The molecule has 2 N–H and O–H groups in total. The Hall–Kier alpha value is -3.42. The third-order valence-corrected chi connectivity index (χ3v) is 4.45. The van der Waals surface area contributed by atoms with Crippen molar-refractivity contribution in [2.24, 2.45) is 0 Å². The lowest BCUT2D eigenvalue weighted by atomic mass is 10.0. The summed E-state index contributed by atoms with van der Waals surface area (Å²) in [4.78, 5) is 51.6. The molecule has 0 spiro atoms. The van der Waals surface area contributed by atoms with E-state index in [1.165, 1.54) is 6.92 Å². The number of esters is 2. The minimum atomic E-state index is -0.645. The number of Topliss-reactive ketones (excluding diaryl/α,β-unsaturated/α-hetero) is 1. The maximum absolute atomic E-state index is 12.7. The van der Waals surface area contributed by atoms with Crippen LogP contribution in [0.5, 0.6) is 0 Å². The number of benzene rings is 1. The Morgan fingerprint density at radius 3 is 2.23 bits per heavy atom. The van der Waals surface area contributed by atoms with Gasteiger partial charge in [0.1, 0.15) is 0 Å². The molecule has 0 saturated heterocycles. The van der Waals surface area contributed by atoms with Crippen molar-refractivity contribution in [3.63, 3.8) is 0 Å². The van der Waals surface area contributed by atoms with Crippen molar-refractivity contribution >= 4 is 23.6 Å². The Kier molecular flexibility index (Phi) is 7.91. The van der Waals surface area contributed by atoms with E-state index in [2.05, 4.69) is 10.3 Å². The zero-order valence-corrected chi connectivity index (χ0v) is 17.5. The second kappa shape index (κ2) is 10.4. The fraction of sp³-hybridized carbons (Fsp3) is 0.364. The van der Waals surface area contributed by atoms with Gasteiger partial charge in [0.25, 0.3) is 0 Å². The van der Waals surface area contributed by atoms with Crippen LogP contribution < -0.4 is 5.32 Å². The second-order valence-corrected chi connectivity index (χ2v) is 6.80. The maximum Gasteiger partial charge on any atom is 0.340 e. The molecule has 0 bridgehead atoms. The third kappa shape index (κ3) is 5.79. The van der Waals surface area contributed by atoms with Crippen LogP contribution in [-0.2, 0) is 19.1 Å². The molecule has 0 aliphatic carbocycles. The molecule has 0 saturated carbocycles. The molecule has 8 heteroatoms. The van der Waals surface area contributed by atoms with Crippen molar-refractivity contribution in [3.05, 3.63) is 58.4 Å². The van der Waals surface area contributed by atoms with Crippen molar-refractivity contribution in [1.29, 1.82) is 0 Å². The van der Waals surface area contributed by atoms with Crippen LogP contribution in [0.3, 0.4) is 0 Å². The van der Waals surface area contributed by atoms with Crippen molar-refractivity contribution in [1.82, 2.24) is 10.3 Å². The summed E-state index contributed by atoms with van der Waals surface area (Å²) in [5.41, 5.74) is 2.06. The number of nitrogens with one attached hydrogen (secondary N) is 2. The first kappa shape index (κ1) is 22.9. The molecule has 0 radical (unpaired) electrons. The monoisotopic (exact) mass is 414 g/mol. The number of rotatable bonds is 9. The van der Waals surface area contributed by atoms with Crippen LogP contribution in [0.15, 0.2) is 30.3 Å². The van der Waals surface area contributed by atoms with Crippen LogP contribution in [0, 0.1) is 13.8 Å². The lowest BCUT2D eigenvalue weighted by Gasteiger charge is -2.17. The van der Waals surface area contributed by atoms with Crippen LogP contribution in [-0.4, -0.2) is 41.8 Å². The average molecular weight is 414 g/mol. The van der Waals surface area contributed by atoms with Gasteiger partial charge in [-0.2, -0.15) is 0 Å². The number of aromatic nitrogens is 1. The van der Waals surface area contributed by atoms with E-state index in [1.807, 2.05) is 6.07 Å². The van der Waals surface area contributed by atoms with Crippen molar-refractivity contribution in [3.8, 4) is 0 Å². The number of amides is 1. The number of ether oxygens (including phenoxy) is 2. The molecule has 160 valence electrons. The van der Waals surface area contributed by atoms with Crippen molar-refractivity contribution < 1.29 is 28.7 Å². The molecule has 1 amide bonds. The fourth-order valence-electron chi connectivity index (χ4n) is 3.21. The van der Waals surface area contributed by atoms with Gasteiger partial charge < -0.3 is 19.8 Å². The molecular formula is C22H26N2O6. The SMILES string of the molecule is CCOC(=O)c1c(C)[nH]c(C)c1C(=O)COC(=O)C[C@H](NC(C)=O)c1ccccc1. The lowest BCUT2D eigenvalue weighted by Crippen LogP contribution is -2.29. The summed E-state index contributed by atoms with van der Waals surface area (Å²) in [7, 11) is 0. The van der Waals surface area contributed by atoms with E-state index < -0.39 is 30.4 Å². The lowest BCUT2D eigenvalue weighted by molar-refractivity contribution is -0.143. The first-order valence-corrected chi connectivity index (χ1v) is 9.61. The van der Waals surface area contributed by atoms with Crippen LogP contribution in [0.4, 0.5) is 0 Å². The predicted molar refractivity (Wildman–Crippen MR) is 109 cm³/mol. The van der Waals surface area contributed by atoms with Gasteiger partial charge in [0, 0.05) is 18.3 Å². The van der Waals surface area contributed by atoms with Gasteiger partial charge in [-0.1, -0.05) is 30.3 Å². The molecule has 1 aromatic heterocycles. The van der Waals surface area contributed by atoms with Crippen LogP contribution in [0.25, 0.3) is 0 Å². The molecule has 1 aromatic carbocycles. The van der Waals surface area contributed by atoms with Gasteiger partial charge in [-0.25, -0.2) is 4.79 Å². The van der Waals surface area contributed by atoms with Crippen molar-refractivity contribution in [2.75, 3.05) is 13.2 Å². The number of ketones is 1. The molecule has 1 atom stereocenters. The van der Waals surface area contributed by atoms with E-state index >= 15 is 0 Å². The average Bonchev–Trinajstić information content (AvgIpc) is 3.00. The normalized spacial score (nSPS) is 11.5. The number of carbonyl (C=O) groups is 4. The van der Waals surface area contributed by atoms with Crippen LogP contribution in [0.2, 0.25) is 0 Å². The largest absolute Gasteiger partial charge is 0.462 e. The van der Waals surface area contributed by atoms with E-state index in [0.29, 0.717) is 11.4 Å². The fourth-order valence-corrected chi connectivity index (χ4v) is 3.21. The highest BCUT2D eigenvalue weighted by Crippen LogP contribution is 2.21. The summed E-state index contributed by atoms with van der Waals surface area (Å²) in [6, 6.07) is 8.43. The zero-order valence-electron chi connectivity index (χ0n) is 17.5. The Morgan fingerprint density at radius 1 is 1.00 bits per heavy atom. The van der Waals surface area contributed by atoms with Gasteiger partial charge in [-0.3, -0.25) is 14.4 Å². The van der Waals surface area contributed by atoms with Crippen molar-refractivity contribution in [2.45, 2.75) is 40.2 Å². The molecule has 2 aromatic rings. The minimum absolute atomic E-state index is 0.132. The van der Waals surface area contributed by atoms with Crippen LogP contribution in [0.1, 0.15) is 64.0 Å². The molecular weight excluding hydrogens is 388 g/mol. The number of H-pyrrole nitrogens is 1. The molecule has 0 fully saturated rings. The highest BCUT2D eigenvalue weighted by atomic mass is 16.5. The summed E-state index contributed by atoms with van der Waals surface area (Å²) < 4.78 is 10.2. The van der Waals surface area contributed by atoms with Gasteiger partial charge in [-0.15, -0.1) is 0 Å². The molecule has 1 heterocycles. The highest BCUT2D eigenvalue weighted by molar-refractivity contribution is 6.09. The van der Waals surface area contributed by atoms with Gasteiger partial charge in [0.05, 0.1) is 30.2 Å². The topological polar surface area (TPSA) is 115 Å². The van der Waals surface area contributed by atoms with Gasteiger partial charge in [-0.05, 0) is 26.3 Å². The Labute approximate surface area is 175 Å². The first-order valence-electron chi connectivity index (χ1n) is 9.61. The molecule has 0 aliphatic heterocycles. The van der Waals surface area contributed by atoms with E-state index in [0.717, 1.165) is 5.56 Å². The van der Waals surface area contributed by atoms with Gasteiger partial charge >= 0.3 is 11.9 Å². The van der Waals surface area contributed by atoms with E-state index in [1.54, 1.807) is 45.0 Å². The summed E-state index contributed by atoms with van der Waals surface area (Å²) in [6.45, 7) is 6.01. The summed E-state index contributed by atoms with van der Waals surface area (Å²) in [5, 5.41) is 2.71. The number of hydrogen-bond acceptors (Lipinski definition) is 6. The number of hydrogen-bond donors (Lipinski definition) is 2. The van der Waals surface area contributed by atoms with Gasteiger partial charge in [0.15, 0.2) is 6.61 Å². The Bertz CT molecular complexity index is 933. The standard InChI is InChI=1S/C22H26N2O6/c1-5-29-22(28)21-14(3)23-13(2)20(21)18(26)12-30-19(27)11-17(24-15(4)25)16-9-7-6-8-10-16/h6-10,17,23H,5,11-12H2,1-4H3,(H,24,25)/t17-/m0/s1. The van der Waals surface area contributed by atoms with E-state index in [4.69, 9.17) is 9.47 Å². The number of aryl methyl sites for hydroxylation is 2. The van der Waals surface area contributed by atoms with E-state index in [9.17, 15) is 19.2 Å². The number of carbonyl (C=O) groups excluding carboxylic acids is 4. The molecule has 2 rings (SSSR count). The summed E-state index contributed by atoms with van der Waals surface area (Å²) in [6.07, 6.45) is -0.132.